The Bertz CT molecular complexity index is 2650. The van der Waals surface area contributed by atoms with E-state index in [9.17, 15) is 47.9 Å². The molecular weight excluding hydrogens is 1020 g/mol. The van der Waals surface area contributed by atoms with Crippen molar-refractivity contribution in [3.05, 3.63) is 70.9 Å². The summed E-state index contributed by atoms with van der Waals surface area (Å²) in [5.41, 5.74) is 35.0. The van der Waals surface area contributed by atoms with Gasteiger partial charge in [0.2, 0.25) is 59.1 Å². The Morgan fingerprint density at radius 2 is 1.26 bits per heavy atom. The number of nitrogens with two attached hydrogens (primary N) is 6. The second-order valence-electron chi connectivity index (χ2n) is 18.3. The van der Waals surface area contributed by atoms with E-state index in [1.54, 1.807) is 30.5 Å². The Kier molecular flexibility index (Phi) is 24.4. The molecule has 77 heavy (non-hydrogen) atoms. The first kappa shape index (κ1) is 61.1. The van der Waals surface area contributed by atoms with Crippen molar-refractivity contribution < 1.29 is 47.9 Å². The second kappa shape index (κ2) is 30.8. The third-order valence-corrected chi connectivity index (χ3v) is 12.6. The molecule has 1 fully saturated rings. The fraction of sp³-hybridized carbons (Fsp3) is 0.469. The van der Waals surface area contributed by atoms with Gasteiger partial charge in [0.15, 0.2) is 11.9 Å². The number of nitrogens with zero attached hydrogens (tertiary/aromatic N) is 2. The molecule has 2 aromatic carbocycles. The van der Waals surface area contributed by atoms with Crippen LogP contribution in [0.5, 0.6) is 0 Å². The highest BCUT2D eigenvalue weighted by Crippen LogP contribution is 2.21. The molecule has 2 heterocycles. The number of aliphatic imine (C=N–C) groups is 2. The van der Waals surface area contributed by atoms with Gasteiger partial charge < -0.3 is 81.9 Å². The number of aromatic amines is 1. The molecule has 0 aliphatic carbocycles. The number of carbonyl (C=O) groups excluding carboxylic acids is 10. The number of para-hydroxylation sites is 1. The van der Waals surface area contributed by atoms with Gasteiger partial charge in [-0.05, 0) is 74.6 Å². The van der Waals surface area contributed by atoms with Gasteiger partial charge in [-0.15, -0.1) is 0 Å². The molecular formula is C49H70ClN17O10. The van der Waals surface area contributed by atoms with Crippen molar-refractivity contribution in [1.82, 2.24) is 47.5 Å². The quantitative estimate of drug-likeness (QED) is 0.0316. The molecule has 0 radical (unpaired) electrons. The molecule has 21 N–H and O–H groups in total. The molecule has 27 nitrogen and oxygen atoms in total. The number of amides is 10. The van der Waals surface area contributed by atoms with Crippen LogP contribution in [0.15, 0.2) is 64.7 Å². The molecule has 10 amide bonds. The highest BCUT2D eigenvalue weighted by Gasteiger charge is 2.35. The molecule has 1 aliphatic heterocycles. The minimum Gasteiger partial charge on any atom is -0.370 e. The fourth-order valence-electron chi connectivity index (χ4n) is 8.26. The highest BCUT2D eigenvalue weighted by atomic mass is 35.5. The summed E-state index contributed by atoms with van der Waals surface area (Å²) in [6.45, 7) is 1.23. The molecule has 7 atom stereocenters. The SMILES string of the molecule is CC(=O)N[C@H](CCCN=C(N)N)C(=O)N[C@H]1CC(=O)NCCCC[C@@H](C(N)=O)NC(=O)[C@H](Cc2c[nH]c3ccccc23)NC(=O)[C@H](CCCN=C(N)N)NC(=O)[C@@H](Cc2ccccc2Cl)NC(=O)[C@H](CCC(N)=O)NC1=O. The lowest BCUT2D eigenvalue weighted by atomic mass is 10.0. The van der Waals surface area contributed by atoms with Crippen molar-refractivity contribution in [3.63, 3.8) is 0 Å². The van der Waals surface area contributed by atoms with Gasteiger partial charge >= 0.3 is 0 Å². The Labute approximate surface area is 448 Å². The first-order valence-corrected chi connectivity index (χ1v) is 25.3. The number of halogens is 1. The van der Waals surface area contributed by atoms with Crippen LogP contribution in [0, 0.1) is 0 Å². The zero-order chi connectivity index (χ0) is 56.6. The molecule has 3 aromatic rings. The Morgan fingerprint density at radius 3 is 1.90 bits per heavy atom. The number of benzene rings is 2. The van der Waals surface area contributed by atoms with Crippen LogP contribution >= 0.6 is 11.6 Å². The van der Waals surface area contributed by atoms with Crippen LogP contribution in [-0.4, -0.2) is 138 Å². The molecule has 418 valence electrons. The van der Waals surface area contributed by atoms with E-state index >= 15 is 0 Å². The van der Waals surface area contributed by atoms with E-state index in [2.05, 4.69) is 57.5 Å². The zero-order valence-corrected chi connectivity index (χ0v) is 43.4. The number of guanidine groups is 2. The van der Waals surface area contributed by atoms with Gasteiger partial charge in [-0.2, -0.15) is 0 Å². The van der Waals surface area contributed by atoms with Gasteiger partial charge in [-0.1, -0.05) is 48.0 Å². The van der Waals surface area contributed by atoms with Crippen molar-refractivity contribution in [2.24, 2.45) is 44.4 Å². The molecule has 1 aromatic heterocycles. The molecule has 28 heteroatoms. The van der Waals surface area contributed by atoms with E-state index in [-0.39, 0.29) is 94.4 Å². The normalized spacial score (nSPS) is 20.8. The second-order valence-corrected chi connectivity index (χ2v) is 18.7. The lowest BCUT2D eigenvalue weighted by molar-refractivity contribution is -0.136. The topological polar surface area (TPSA) is 464 Å². The highest BCUT2D eigenvalue weighted by molar-refractivity contribution is 6.31. The summed E-state index contributed by atoms with van der Waals surface area (Å²) in [4.78, 5) is 148. The van der Waals surface area contributed by atoms with Gasteiger partial charge in [0, 0.05) is 67.9 Å². The van der Waals surface area contributed by atoms with Crippen LogP contribution in [0.25, 0.3) is 10.9 Å². The number of rotatable bonds is 19. The summed E-state index contributed by atoms with van der Waals surface area (Å²) in [5, 5.41) is 21.7. The van der Waals surface area contributed by atoms with Crippen molar-refractivity contribution in [3.8, 4) is 0 Å². The lowest BCUT2D eigenvalue weighted by Crippen LogP contribution is -2.60. The van der Waals surface area contributed by atoms with E-state index in [0.29, 0.717) is 11.1 Å². The third-order valence-electron chi connectivity index (χ3n) is 12.2. The Morgan fingerprint density at radius 1 is 0.688 bits per heavy atom. The summed E-state index contributed by atoms with van der Waals surface area (Å²) in [6, 6.07) is 3.32. The number of carbonyl (C=O) groups is 10. The predicted octanol–water partition coefficient (Wildman–Crippen LogP) is -3.43. The van der Waals surface area contributed by atoms with Gasteiger partial charge in [0.25, 0.3) is 0 Å². The molecule has 0 bridgehead atoms. The minimum atomic E-state index is -1.73. The summed E-state index contributed by atoms with van der Waals surface area (Å²) in [6.07, 6.45) is 0.214. The molecule has 0 saturated carbocycles. The monoisotopic (exact) mass is 1090 g/mol. The summed E-state index contributed by atoms with van der Waals surface area (Å²) < 4.78 is 0. The van der Waals surface area contributed by atoms with Crippen LogP contribution < -0.4 is 76.9 Å². The molecule has 1 aliphatic rings. The van der Waals surface area contributed by atoms with Gasteiger partial charge in [0.1, 0.15) is 42.3 Å². The smallest absolute Gasteiger partial charge is 0.243 e. The summed E-state index contributed by atoms with van der Waals surface area (Å²) >= 11 is 6.56. The average molecular weight is 1090 g/mol. The Balaban J connectivity index is 1.80. The van der Waals surface area contributed by atoms with E-state index in [1.807, 2.05) is 18.2 Å². The van der Waals surface area contributed by atoms with Crippen molar-refractivity contribution in [2.45, 2.75) is 126 Å². The predicted molar refractivity (Wildman–Crippen MR) is 285 cm³/mol. The van der Waals surface area contributed by atoms with Crippen LogP contribution in [0.3, 0.4) is 0 Å². The van der Waals surface area contributed by atoms with Crippen LogP contribution in [-0.2, 0) is 60.8 Å². The van der Waals surface area contributed by atoms with Crippen molar-refractivity contribution >= 4 is 93.5 Å². The van der Waals surface area contributed by atoms with Crippen LogP contribution in [0.2, 0.25) is 5.02 Å². The Hall–Kier alpha value is -8.49. The zero-order valence-electron chi connectivity index (χ0n) is 42.7. The maximum absolute atomic E-state index is 14.7. The summed E-state index contributed by atoms with van der Waals surface area (Å²) in [5.74, 6) is -9.20. The fourth-order valence-corrected chi connectivity index (χ4v) is 8.47. The van der Waals surface area contributed by atoms with E-state index < -0.39 is 121 Å². The lowest BCUT2D eigenvalue weighted by Gasteiger charge is -2.28. The van der Waals surface area contributed by atoms with Gasteiger partial charge in [0.05, 0.1) is 6.42 Å². The molecule has 4 rings (SSSR count). The maximum Gasteiger partial charge on any atom is 0.243 e. The van der Waals surface area contributed by atoms with E-state index in [4.69, 9.17) is 46.0 Å². The molecule has 0 unspecified atom stereocenters. The molecule has 1 saturated heterocycles. The summed E-state index contributed by atoms with van der Waals surface area (Å²) in [7, 11) is 0. The number of aromatic nitrogens is 1. The average Bonchev–Trinajstić information content (AvgIpc) is 3.77. The van der Waals surface area contributed by atoms with E-state index in [0.717, 1.165) is 17.8 Å². The molecule has 0 spiro atoms. The number of primary amides is 2. The van der Waals surface area contributed by atoms with Crippen molar-refractivity contribution in [2.75, 3.05) is 19.6 Å². The first-order valence-electron chi connectivity index (χ1n) is 24.9. The van der Waals surface area contributed by atoms with Crippen molar-refractivity contribution in [1.29, 1.82) is 0 Å². The number of hydrogen-bond donors (Lipinski definition) is 15. The minimum absolute atomic E-state index is 0.0104. The number of hydrogen-bond acceptors (Lipinski definition) is 12. The first-order chi connectivity index (χ1) is 36.6. The standard InChI is InChI=1S/C49H70ClN17O10/c1-26(68)61-33(15-8-20-58-48(53)54)42(72)67-38-24-40(70)57-19-7-6-14-32(41(52)71)62-45(75)37(23-28-25-60-31-13-5-3-11-29(28)31)66-43(73)34(16-9-21-59-49(55)56)63-46(76)36(22-27-10-2-4-12-30(27)50)65-44(74)35(64-47(38)77)17-18-39(51)69/h2-5,10-13,25,32-38,60H,6-9,14-24H2,1H3,(H2,51,69)(H2,52,71)(H,57,70)(H,61,68)(H,62,75)(H,63,76)(H,64,77)(H,65,74)(H,66,73)(H,67,72)(H4,53,54,58)(H4,55,56,59)/t32-,33+,34-,35-,36+,37-,38-/m0/s1. The largest absolute Gasteiger partial charge is 0.370 e. The third kappa shape index (κ3) is 21.0. The number of nitrogens with one attached hydrogen (secondary N) is 9. The van der Waals surface area contributed by atoms with Gasteiger partial charge in [-0.25, -0.2) is 0 Å². The number of H-pyrrole nitrogens is 1. The van der Waals surface area contributed by atoms with Gasteiger partial charge in [-0.3, -0.25) is 57.9 Å². The van der Waals surface area contributed by atoms with Crippen LogP contribution in [0.1, 0.15) is 82.3 Å². The van der Waals surface area contributed by atoms with Crippen LogP contribution in [0.4, 0.5) is 0 Å². The maximum atomic E-state index is 14.7. The number of fused-ring (bicyclic) bond motifs is 1. The van der Waals surface area contributed by atoms with E-state index in [1.165, 1.54) is 6.07 Å².